The SMILES string of the molecule is CCCn1c(CC2(N)CCOCC2)nc2ccccc21. The highest BCUT2D eigenvalue weighted by Gasteiger charge is 2.30. The Morgan fingerprint density at radius 3 is 2.80 bits per heavy atom. The highest BCUT2D eigenvalue weighted by atomic mass is 16.5. The molecule has 4 nitrogen and oxygen atoms in total. The molecular weight excluding hydrogens is 250 g/mol. The fourth-order valence-corrected chi connectivity index (χ4v) is 3.00. The van der Waals surface area contributed by atoms with E-state index in [0.717, 1.165) is 56.8 Å². The van der Waals surface area contributed by atoms with Crippen molar-refractivity contribution >= 4 is 11.0 Å². The van der Waals surface area contributed by atoms with E-state index in [2.05, 4.69) is 29.7 Å². The monoisotopic (exact) mass is 273 g/mol. The van der Waals surface area contributed by atoms with E-state index in [1.54, 1.807) is 0 Å². The van der Waals surface area contributed by atoms with Gasteiger partial charge in [0.15, 0.2) is 0 Å². The molecule has 2 aromatic rings. The average molecular weight is 273 g/mol. The summed E-state index contributed by atoms with van der Waals surface area (Å²) in [6.45, 7) is 4.74. The first-order valence-electron chi connectivity index (χ1n) is 7.53. The van der Waals surface area contributed by atoms with Crippen LogP contribution in [0.5, 0.6) is 0 Å². The Kier molecular flexibility index (Phi) is 3.76. The lowest BCUT2D eigenvalue weighted by Crippen LogP contribution is -2.47. The molecule has 1 aliphatic rings. The molecule has 2 heterocycles. The van der Waals surface area contributed by atoms with Crippen molar-refractivity contribution in [2.75, 3.05) is 13.2 Å². The highest BCUT2D eigenvalue weighted by Crippen LogP contribution is 2.25. The van der Waals surface area contributed by atoms with Crippen molar-refractivity contribution in [3.05, 3.63) is 30.1 Å². The predicted molar refractivity (Wildman–Crippen MR) is 80.7 cm³/mol. The number of hydrogen-bond donors (Lipinski definition) is 1. The van der Waals surface area contributed by atoms with Gasteiger partial charge in [0.2, 0.25) is 0 Å². The topological polar surface area (TPSA) is 53.1 Å². The zero-order valence-electron chi connectivity index (χ0n) is 12.1. The average Bonchev–Trinajstić information content (AvgIpc) is 2.77. The largest absolute Gasteiger partial charge is 0.381 e. The Morgan fingerprint density at radius 1 is 1.30 bits per heavy atom. The van der Waals surface area contributed by atoms with Crippen molar-refractivity contribution in [3.8, 4) is 0 Å². The lowest BCUT2D eigenvalue weighted by atomic mass is 9.87. The number of ether oxygens (including phenoxy) is 1. The van der Waals surface area contributed by atoms with Gasteiger partial charge in [-0.15, -0.1) is 0 Å². The molecule has 0 bridgehead atoms. The van der Waals surface area contributed by atoms with E-state index in [1.165, 1.54) is 5.52 Å². The molecule has 1 saturated heterocycles. The fourth-order valence-electron chi connectivity index (χ4n) is 3.00. The van der Waals surface area contributed by atoms with Crippen LogP contribution in [0.3, 0.4) is 0 Å². The number of nitrogens with zero attached hydrogens (tertiary/aromatic N) is 2. The van der Waals surface area contributed by atoms with Crippen molar-refractivity contribution < 1.29 is 4.74 Å². The number of rotatable bonds is 4. The van der Waals surface area contributed by atoms with Crippen LogP contribution in [0, 0.1) is 0 Å². The van der Waals surface area contributed by atoms with Gasteiger partial charge in [-0.25, -0.2) is 4.98 Å². The van der Waals surface area contributed by atoms with Crippen LogP contribution in [0.2, 0.25) is 0 Å². The van der Waals surface area contributed by atoms with Gasteiger partial charge in [-0.2, -0.15) is 0 Å². The van der Waals surface area contributed by atoms with Crippen molar-refractivity contribution in [3.63, 3.8) is 0 Å². The molecule has 0 spiro atoms. The second-order valence-corrected chi connectivity index (χ2v) is 5.82. The van der Waals surface area contributed by atoms with Gasteiger partial charge in [0, 0.05) is 31.7 Å². The maximum atomic E-state index is 6.54. The van der Waals surface area contributed by atoms with Crippen molar-refractivity contribution in [2.24, 2.45) is 5.73 Å². The molecule has 0 saturated carbocycles. The summed E-state index contributed by atoms with van der Waals surface area (Å²) >= 11 is 0. The third kappa shape index (κ3) is 2.58. The zero-order chi connectivity index (χ0) is 14.0. The smallest absolute Gasteiger partial charge is 0.111 e. The van der Waals surface area contributed by atoms with Crippen molar-refractivity contribution in [2.45, 2.75) is 44.7 Å². The third-order valence-corrected chi connectivity index (χ3v) is 4.18. The third-order valence-electron chi connectivity index (χ3n) is 4.18. The van der Waals surface area contributed by atoms with Gasteiger partial charge >= 0.3 is 0 Å². The Hall–Kier alpha value is -1.39. The van der Waals surface area contributed by atoms with Crippen LogP contribution in [0.4, 0.5) is 0 Å². The summed E-state index contributed by atoms with van der Waals surface area (Å²) < 4.78 is 7.76. The molecule has 1 aliphatic heterocycles. The lowest BCUT2D eigenvalue weighted by molar-refractivity contribution is 0.0524. The molecule has 4 heteroatoms. The minimum absolute atomic E-state index is 0.162. The fraction of sp³-hybridized carbons (Fsp3) is 0.562. The molecule has 20 heavy (non-hydrogen) atoms. The second-order valence-electron chi connectivity index (χ2n) is 5.82. The number of fused-ring (bicyclic) bond motifs is 1. The molecule has 1 aromatic carbocycles. The van der Waals surface area contributed by atoms with Gasteiger partial charge in [-0.1, -0.05) is 19.1 Å². The Balaban J connectivity index is 1.95. The molecule has 0 atom stereocenters. The Morgan fingerprint density at radius 2 is 2.05 bits per heavy atom. The lowest BCUT2D eigenvalue weighted by Gasteiger charge is -2.33. The molecule has 0 aliphatic carbocycles. The highest BCUT2D eigenvalue weighted by molar-refractivity contribution is 5.75. The summed E-state index contributed by atoms with van der Waals surface area (Å²) in [6.07, 6.45) is 3.78. The normalized spacial score (nSPS) is 18.5. The first-order valence-corrected chi connectivity index (χ1v) is 7.53. The van der Waals surface area contributed by atoms with E-state index in [0.29, 0.717) is 0 Å². The van der Waals surface area contributed by atoms with Gasteiger partial charge in [0.25, 0.3) is 0 Å². The molecular formula is C16H23N3O. The molecule has 108 valence electrons. The number of benzene rings is 1. The van der Waals surface area contributed by atoms with Gasteiger partial charge in [-0.05, 0) is 31.4 Å². The summed E-state index contributed by atoms with van der Waals surface area (Å²) in [5.41, 5.74) is 8.68. The van der Waals surface area contributed by atoms with Gasteiger partial charge in [0.05, 0.1) is 11.0 Å². The van der Waals surface area contributed by atoms with E-state index in [-0.39, 0.29) is 5.54 Å². The standard InChI is InChI=1S/C16H23N3O/c1-2-9-19-14-6-4-3-5-13(14)18-15(19)12-16(17)7-10-20-11-8-16/h3-6H,2,7-12,17H2,1H3. The maximum Gasteiger partial charge on any atom is 0.111 e. The van der Waals surface area contributed by atoms with Crippen LogP contribution in [-0.4, -0.2) is 28.3 Å². The van der Waals surface area contributed by atoms with Crippen molar-refractivity contribution in [1.82, 2.24) is 9.55 Å². The molecule has 0 amide bonds. The first-order chi connectivity index (χ1) is 9.72. The zero-order valence-corrected chi connectivity index (χ0v) is 12.1. The van der Waals surface area contributed by atoms with E-state index < -0.39 is 0 Å². The summed E-state index contributed by atoms with van der Waals surface area (Å²) in [4.78, 5) is 4.81. The van der Waals surface area contributed by atoms with E-state index >= 15 is 0 Å². The first kappa shape index (κ1) is 13.6. The van der Waals surface area contributed by atoms with Gasteiger partial charge < -0.3 is 15.0 Å². The van der Waals surface area contributed by atoms with Gasteiger partial charge in [0.1, 0.15) is 5.82 Å². The summed E-state index contributed by atoms with van der Waals surface area (Å²) in [6, 6.07) is 8.35. The van der Waals surface area contributed by atoms with Gasteiger partial charge in [-0.3, -0.25) is 0 Å². The Labute approximate surface area is 119 Å². The molecule has 1 aromatic heterocycles. The van der Waals surface area contributed by atoms with Crippen LogP contribution < -0.4 is 5.73 Å². The predicted octanol–water partition coefficient (Wildman–Crippen LogP) is 2.50. The Bertz CT molecular complexity index is 584. The number of para-hydroxylation sites is 2. The van der Waals surface area contributed by atoms with Crippen LogP contribution in [0.1, 0.15) is 32.0 Å². The number of hydrogen-bond acceptors (Lipinski definition) is 3. The molecule has 1 fully saturated rings. The molecule has 0 unspecified atom stereocenters. The summed E-state index contributed by atoms with van der Waals surface area (Å²) in [7, 11) is 0. The summed E-state index contributed by atoms with van der Waals surface area (Å²) in [5.74, 6) is 1.12. The minimum atomic E-state index is -0.162. The molecule has 3 rings (SSSR count). The number of aromatic nitrogens is 2. The van der Waals surface area contributed by atoms with E-state index in [1.807, 2.05) is 6.07 Å². The van der Waals surface area contributed by atoms with Crippen LogP contribution in [-0.2, 0) is 17.7 Å². The second kappa shape index (κ2) is 5.54. The maximum absolute atomic E-state index is 6.54. The molecule has 0 radical (unpaired) electrons. The van der Waals surface area contributed by atoms with Crippen molar-refractivity contribution in [1.29, 1.82) is 0 Å². The number of imidazole rings is 1. The number of nitrogens with two attached hydrogens (primary N) is 1. The van der Waals surface area contributed by atoms with Crippen LogP contribution >= 0.6 is 0 Å². The molecule has 2 N–H and O–H groups in total. The quantitative estimate of drug-likeness (QED) is 0.931. The van der Waals surface area contributed by atoms with E-state index in [9.17, 15) is 0 Å². The van der Waals surface area contributed by atoms with Crippen LogP contribution in [0.15, 0.2) is 24.3 Å². The summed E-state index contributed by atoms with van der Waals surface area (Å²) in [5, 5.41) is 0. The van der Waals surface area contributed by atoms with E-state index in [4.69, 9.17) is 15.5 Å². The van der Waals surface area contributed by atoms with Crippen LogP contribution in [0.25, 0.3) is 11.0 Å². The number of aryl methyl sites for hydroxylation is 1. The minimum Gasteiger partial charge on any atom is -0.381 e.